The molecule has 1 aromatic rings. The van der Waals surface area contributed by atoms with Crippen LogP contribution in [0.2, 0.25) is 5.02 Å². The van der Waals surface area contributed by atoms with E-state index in [1.165, 1.54) is 0 Å². The van der Waals surface area contributed by atoms with Gasteiger partial charge >= 0.3 is 5.97 Å². The van der Waals surface area contributed by atoms with E-state index in [2.05, 4.69) is 10.6 Å². The summed E-state index contributed by atoms with van der Waals surface area (Å²) >= 11 is 7.37. The van der Waals surface area contributed by atoms with Crippen molar-refractivity contribution >= 4 is 41.1 Å². The van der Waals surface area contributed by atoms with E-state index >= 15 is 0 Å². The molecule has 0 aliphatic rings. The standard InChI is InChI=1S/C19H27ClN2O4S/c1-12(2)13(3)21-17(23)11-26-19(25)16(9-10-27-4)22-18(24)14-5-7-15(20)8-6-14/h5-8,12-13,16H,9-11H2,1-4H3,(H,21,23)(H,22,24)/t13-,16+/m1/s1. The quantitative estimate of drug-likeness (QED) is 0.575. The predicted octanol–water partition coefficient (Wildman–Crippen LogP) is 2.90. The fraction of sp³-hybridized carbons (Fsp3) is 0.526. The van der Waals surface area contributed by atoms with Gasteiger partial charge in [0.25, 0.3) is 11.8 Å². The van der Waals surface area contributed by atoms with Gasteiger partial charge in [0.2, 0.25) is 0 Å². The molecule has 1 aromatic carbocycles. The Morgan fingerprint density at radius 2 is 1.74 bits per heavy atom. The Hall–Kier alpha value is -1.73. The van der Waals surface area contributed by atoms with E-state index in [-0.39, 0.29) is 24.5 Å². The van der Waals surface area contributed by atoms with Crippen molar-refractivity contribution in [1.29, 1.82) is 0 Å². The highest BCUT2D eigenvalue weighted by Gasteiger charge is 2.23. The molecule has 0 unspecified atom stereocenters. The van der Waals surface area contributed by atoms with Crippen LogP contribution in [0.15, 0.2) is 24.3 Å². The molecule has 27 heavy (non-hydrogen) atoms. The second kappa shape index (κ2) is 11.9. The molecule has 0 fully saturated rings. The van der Waals surface area contributed by atoms with Crippen LogP contribution in [-0.2, 0) is 14.3 Å². The second-order valence-electron chi connectivity index (χ2n) is 6.52. The SMILES string of the molecule is CSCC[C@H](NC(=O)c1ccc(Cl)cc1)C(=O)OCC(=O)N[C@H](C)C(C)C. The second-order valence-corrected chi connectivity index (χ2v) is 7.94. The van der Waals surface area contributed by atoms with Crippen LogP contribution in [0.1, 0.15) is 37.6 Å². The third-order valence-electron chi connectivity index (χ3n) is 4.04. The Kier molecular flexibility index (Phi) is 10.3. The zero-order valence-electron chi connectivity index (χ0n) is 16.1. The molecular weight excluding hydrogens is 388 g/mol. The van der Waals surface area contributed by atoms with Gasteiger partial charge in [0, 0.05) is 16.6 Å². The summed E-state index contributed by atoms with van der Waals surface area (Å²) in [6.45, 7) is 5.49. The zero-order chi connectivity index (χ0) is 20.4. The van der Waals surface area contributed by atoms with Crippen molar-refractivity contribution in [2.45, 2.75) is 39.3 Å². The van der Waals surface area contributed by atoms with Gasteiger partial charge < -0.3 is 15.4 Å². The minimum atomic E-state index is -0.823. The first kappa shape index (κ1) is 23.3. The maximum Gasteiger partial charge on any atom is 0.329 e. The van der Waals surface area contributed by atoms with E-state index in [9.17, 15) is 14.4 Å². The average Bonchev–Trinajstić information content (AvgIpc) is 2.63. The lowest BCUT2D eigenvalue weighted by Crippen LogP contribution is -2.44. The van der Waals surface area contributed by atoms with Gasteiger partial charge in [0.1, 0.15) is 6.04 Å². The summed E-state index contributed by atoms with van der Waals surface area (Å²) in [6, 6.07) is 5.52. The van der Waals surface area contributed by atoms with E-state index in [1.807, 2.05) is 27.0 Å². The van der Waals surface area contributed by atoms with E-state index in [0.717, 1.165) is 0 Å². The minimum absolute atomic E-state index is 0.0203. The van der Waals surface area contributed by atoms with Gasteiger partial charge in [-0.25, -0.2) is 4.79 Å². The lowest BCUT2D eigenvalue weighted by Gasteiger charge is -2.19. The van der Waals surface area contributed by atoms with E-state index in [4.69, 9.17) is 16.3 Å². The highest BCUT2D eigenvalue weighted by molar-refractivity contribution is 7.98. The van der Waals surface area contributed by atoms with Crippen LogP contribution >= 0.6 is 23.4 Å². The molecule has 1 rings (SSSR count). The monoisotopic (exact) mass is 414 g/mol. The van der Waals surface area contributed by atoms with Gasteiger partial charge in [0.15, 0.2) is 6.61 Å². The van der Waals surface area contributed by atoms with E-state index in [1.54, 1.807) is 36.0 Å². The van der Waals surface area contributed by atoms with Gasteiger partial charge in [-0.3, -0.25) is 9.59 Å². The third kappa shape index (κ3) is 8.67. The molecule has 2 atom stereocenters. The molecule has 0 saturated carbocycles. The van der Waals surface area contributed by atoms with Crippen molar-refractivity contribution in [1.82, 2.24) is 10.6 Å². The summed E-state index contributed by atoms with van der Waals surface area (Å²) in [5.41, 5.74) is 0.393. The number of rotatable bonds is 10. The molecule has 0 aliphatic carbocycles. The van der Waals surface area contributed by atoms with Crippen LogP contribution in [0, 0.1) is 5.92 Å². The number of esters is 1. The minimum Gasteiger partial charge on any atom is -0.454 e. The van der Waals surface area contributed by atoms with Crippen molar-refractivity contribution in [3.63, 3.8) is 0 Å². The maximum absolute atomic E-state index is 12.3. The Labute approximate surface area is 169 Å². The zero-order valence-corrected chi connectivity index (χ0v) is 17.7. The summed E-state index contributed by atoms with van der Waals surface area (Å²) < 4.78 is 5.10. The molecule has 0 aliphatic heterocycles. The molecule has 150 valence electrons. The Morgan fingerprint density at radius 1 is 1.11 bits per heavy atom. The van der Waals surface area contributed by atoms with Gasteiger partial charge in [-0.05, 0) is 55.5 Å². The number of nitrogens with one attached hydrogen (secondary N) is 2. The van der Waals surface area contributed by atoms with Crippen molar-refractivity contribution < 1.29 is 19.1 Å². The van der Waals surface area contributed by atoms with Crippen LogP contribution < -0.4 is 10.6 Å². The summed E-state index contributed by atoms with van der Waals surface area (Å²) in [7, 11) is 0. The Bertz CT molecular complexity index is 637. The summed E-state index contributed by atoms with van der Waals surface area (Å²) in [5.74, 6) is -0.446. The molecule has 0 saturated heterocycles. The number of carbonyl (C=O) groups is 3. The topological polar surface area (TPSA) is 84.5 Å². The lowest BCUT2D eigenvalue weighted by molar-refractivity contribution is -0.150. The largest absolute Gasteiger partial charge is 0.454 e. The molecule has 0 spiro atoms. The Morgan fingerprint density at radius 3 is 2.30 bits per heavy atom. The smallest absolute Gasteiger partial charge is 0.329 e. The van der Waals surface area contributed by atoms with Crippen LogP contribution in [0.3, 0.4) is 0 Å². The fourth-order valence-corrected chi connectivity index (χ4v) is 2.62. The molecule has 2 N–H and O–H groups in total. The molecule has 2 amide bonds. The third-order valence-corrected chi connectivity index (χ3v) is 4.94. The van der Waals surface area contributed by atoms with E-state index < -0.39 is 17.9 Å². The molecule has 0 heterocycles. The van der Waals surface area contributed by atoms with Crippen LogP contribution in [0.4, 0.5) is 0 Å². The number of carbonyl (C=O) groups excluding carboxylic acids is 3. The normalized spacial score (nSPS) is 13.0. The molecule has 0 aromatic heterocycles. The van der Waals surface area contributed by atoms with Crippen LogP contribution in [-0.4, -0.2) is 48.5 Å². The molecule has 0 bridgehead atoms. The average molecular weight is 415 g/mol. The van der Waals surface area contributed by atoms with Gasteiger partial charge in [-0.15, -0.1) is 0 Å². The molecule has 0 radical (unpaired) electrons. The molecule has 6 nitrogen and oxygen atoms in total. The van der Waals surface area contributed by atoms with Crippen molar-refractivity contribution in [2.24, 2.45) is 5.92 Å². The number of hydrogen-bond acceptors (Lipinski definition) is 5. The first-order chi connectivity index (χ1) is 12.7. The predicted molar refractivity (Wildman–Crippen MR) is 109 cm³/mol. The highest BCUT2D eigenvalue weighted by atomic mass is 35.5. The number of hydrogen-bond donors (Lipinski definition) is 2. The van der Waals surface area contributed by atoms with Gasteiger partial charge in [-0.2, -0.15) is 11.8 Å². The summed E-state index contributed by atoms with van der Waals surface area (Å²) in [4.78, 5) is 36.6. The van der Waals surface area contributed by atoms with Crippen LogP contribution in [0.5, 0.6) is 0 Å². The number of halogens is 1. The number of ether oxygens (including phenoxy) is 1. The van der Waals surface area contributed by atoms with E-state index in [0.29, 0.717) is 22.8 Å². The first-order valence-corrected chi connectivity index (χ1v) is 10.5. The fourth-order valence-electron chi connectivity index (χ4n) is 2.03. The summed E-state index contributed by atoms with van der Waals surface area (Å²) in [5, 5.41) is 5.96. The first-order valence-electron chi connectivity index (χ1n) is 8.76. The number of benzene rings is 1. The molecule has 8 heteroatoms. The Balaban J connectivity index is 2.63. The molecular formula is C19H27ClN2O4S. The highest BCUT2D eigenvalue weighted by Crippen LogP contribution is 2.10. The van der Waals surface area contributed by atoms with Crippen molar-refractivity contribution in [2.75, 3.05) is 18.6 Å². The number of amides is 2. The van der Waals surface area contributed by atoms with Crippen molar-refractivity contribution in [3.8, 4) is 0 Å². The van der Waals surface area contributed by atoms with Gasteiger partial charge in [-0.1, -0.05) is 25.4 Å². The lowest BCUT2D eigenvalue weighted by atomic mass is 10.1. The van der Waals surface area contributed by atoms with Crippen LogP contribution in [0.25, 0.3) is 0 Å². The number of thioether (sulfide) groups is 1. The van der Waals surface area contributed by atoms with Crippen molar-refractivity contribution in [3.05, 3.63) is 34.9 Å². The summed E-state index contributed by atoms with van der Waals surface area (Å²) in [6.07, 6.45) is 2.31. The van der Waals surface area contributed by atoms with Gasteiger partial charge in [0.05, 0.1) is 0 Å². The maximum atomic E-state index is 12.3.